The Hall–Kier alpha value is -2.95. The number of nitrogens with one attached hydrogen (secondary N) is 3. The van der Waals surface area contributed by atoms with E-state index < -0.39 is 11.7 Å². The number of amides is 1. The van der Waals surface area contributed by atoms with E-state index in [1.165, 1.54) is 12.1 Å². The first-order valence-electron chi connectivity index (χ1n) is 10.1. The van der Waals surface area contributed by atoms with E-state index in [1.54, 1.807) is 19.2 Å². The van der Waals surface area contributed by atoms with Gasteiger partial charge >= 0.3 is 0 Å². The van der Waals surface area contributed by atoms with E-state index in [4.69, 9.17) is 0 Å². The standard InChI is InChI=1S/C23H27FN6O.HI/c1-16-14-17(2)30(29-16)21-11-7-4-8-18(21)15-28-23(25-3)27-13-12-26-22(31)19-9-5-6-10-20(19)24;/h4-11,14H,12-13,15H2,1-3H3,(H,26,31)(H2,25,27,28);1H. The maximum atomic E-state index is 13.7. The van der Waals surface area contributed by atoms with Crippen molar-refractivity contribution in [1.82, 2.24) is 25.7 Å². The molecule has 3 rings (SSSR count). The number of para-hydroxylation sites is 1. The van der Waals surface area contributed by atoms with Crippen LogP contribution < -0.4 is 16.0 Å². The highest BCUT2D eigenvalue weighted by molar-refractivity contribution is 14.0. The normalized spacial score (nSPS) is 10.9. The third-order valence-corrected chi connectivity index (χ3v) is 4.72. The Kier molecular flexibility index (Phi) is 9.63. The molecule has 0 spiro atoms. The molecule has 0 bridgehead atoms. The second-order valence-electron chi connectivity index (χ2n) is 7.06. The number of aliphatic imine (C=N–C) groups is 1. The summed E-state index contributed by atoms with van der Waals surface area (Å²) in [4.78, 5) is 16.3. The van der Waals surface area contributed by atoms with Crippen molar-refractivity contribution in [1.29, 1.82) is 0 Å². The fourth-order valence-electron chi connectivity index (χ4n) is 3.24. The second-order valence-corrected chi connectivity index (χ2v) is 7.06. The van der Waals surface area contributed by atoms with Gasteiger partial charge in [0.25, 0.3) is 5.91 Å². The number of halogens is 2. The summed E-state index contributed by atoms with van der Waals surface area (Å²) in [7, 11) is 1.68. The molecule has 2 aromatic carbocycles. The Morgan fingerprint density at radius 3 is 2.41 bits per heavy atom. The molecule has 0 aliphatic carbocycles. The van der Waals surface area contributed by atoms with Gasteiger partial charge < -0.3 is 16.0 Å². The number of hydrogen-bond donors (Lipinski definition) is 3. The lowest BCUT2D eigenvalue weighted by Gasteiger charge is -2.15. The zero-order valence-electron chi connectivity index (χ0n) is 18.4. The van der Waals surface area contributed by atoms with Crippen molar-refractivity contribution in [3.8, 4) is 5.69 Å². The van der Waals surface area contributed by atoms with Gasteiger partial charge in [0.2, 0.25) is 0 Å². The van der Waals surface area contributed by atoms with Crippen molar-refractivity contribution in [2.75, 3.05) is 20.1 Å². The Bertz CT molecular complexity index is 1080. The Morgan fingerprint density at radius 1 is 1.03 bits per heavy atom. The van der Waals surface area contributed by atoms with Crippen LogP contribution in [0.3, 0.4) is 0 Å². The summed E-state index contributed by atoms with van der Waals surface area (Å²) in [5.74, 6) is -0.378. The van der Waals surface area contributed by atoms with E-state index >= 15 is 0 Å². The zero-order chi connectivity index (χ0) is 22.2. The van der Waals surface area contributed by atoms with Crippen molar-refractivity contribution >= 4 is 35.8 Å². The number of carbonyl (C=O) groups is 1. The van der Waals surface area contributed by atoms with E-state index in [0.29, 0.717) is 25.6 Å². The molecule has 3 aromatic rings. The smallest absolute Gasteiger partial charge is 0.254 e. The molecule has 1 heterocycles. The predicted octanol–water partition coefficient (Wildman–Crippen LogP) is 3.34. The molecule has 1 amide bonds. The highest BCUT2D eigenvalue weighted by atomic mass is 127. The number of aryl methyl sites for hydroxylation is 2. The lowest BCUT2D eigenvalue weighted by molar-refractivity contribution is 0.0950. The second kappa shape index (κ2) is 12.2. The van der Waals surface area contributed by atoms with Gasteiger partial charge in [-0.1, -0.05) is 30.3 Å². The first-order valence-corrected chi connectivity index (χ1v) is 10.1. The predicted molar refractivity (Wildman–Crippen MR) is 135 cm³/mol. The molecule has 32 heavy (non-hydrogen) atoms. The van der Waals surface area contributed by atoms with Gasteiger partial charge in [-0.05, 0) is 43.7 Å². The van der Waals surface area contributed by atoms with Crippen LogP contribution in [0.2, 0.25) is 0 Å². The lowest BCUT2D eigenvalue weighted by Crippen LogP contribution is -2.41. The van der Waals surface area contributed by atoms with E-state index in [1.807, 2.05) is 48.9 Å². The molecule has 7 nitrogen and oxygen atoms in total. The molecule has 170 valence electrons. The largest absolute Gasteiger partial charge is 0.355 e. The van der Waals surface area contributed by atoms with Crippen molar-refractivity contribution in [2.24, 2.45) is 4.99 Å². The summed E-state index contributed by atoms with van der Waals surface area (Å²) in [6.07, 6.45) is 0. The molecule has 9 heteroatoms. The molecule has 0 saturated heterocycles. The maximum absolute atomic E-state index is 13.7. The Balaban J connectivity index is 0.00000363. The van der Waals surface area contributed by atoms with Crippen LogP contribution in [0.4, 0.5) is 4.39 Å². The van der Waals surface area contributed by atoms with Gasteiger partial charge in [-0.15, -0.1) is 24.0 Å². The highest BCUT2D eigenvalue weighted by Crippen LogP contribution is 2.16. The van der Waals surface area contributed by atoms with Gasteiger partial charge in [0.15, 0.2) is 5.96 Å². The van der Waals surface area contributed by atoms with Gasteiger partial charge in [0.1, 0.15) is 5.82 Å². The van der Waals surface area contributed by atoms with Crippen molar-refractivity contribution in [2.45, 2.75) is 20.4 Å². The first kappa shape index (κ1) is 25.3. The van der Waals surface area contributed by atoms with Gasteiger partial charge in [0, 0.05) is 32.4 Å². The van der Waals surface area contributed by atoms with Crippen LogP contribution in [-0.2, 0) is 6.54 Å². The minimum absolute atomic E-state index is 0. The highest BCUT2D eigenvalue weighted by Gasteiger charge is 2.11. The summed E-state index contributed by atoms with van der Waals surface area (Å²) < 4.78 is 15.6. The van der Waals surface area contributed by atoms with E-state index in [9.17, 15) is 9.18 Å². The van der Waals surface area contributed by atoms with Gasteiger partial charge in [0.05, 0.1) is 16.9 Å². The summed E-state index contributed by atoms with van der Waals surface area (Å²) in [6.45, 7) is 5.33. The van der Waals surface area contributed by atoms with Crippen molar-refractivity contribution in [3.05, 3.63) is 82.9 Å². The molecule has 0 radical (unpaired) electrons. The fraction of sp³-hybridized carbons (Fsp3) is 0.261. The molecule has 0 fully saturated rings. The van der Waals surface area contributed by atoms with Crippen LogP contribution in [0.1, 0.15) is 27.3 Å². The van der Waals surface area contributed by atoms with Crippen LogP contribution >= 0.6 is 24.0 Å². The Labute approximate surface area is 204 Å². The van der Waals surface area contributed by atoms with Gasteiger partial charge in [-0.2, -0.15) is 5.10 Å². The molecule has 0 unspecified atom stereocenters. The van der Waals surface area contributed by atoms with Crippen molar-refractivity contribution < 1.29 is 9.18 Å². The fourth-order valence-corrected chi connectivity index (χ4v) is 3.24. The van der Waals surface area contributed by atoms with E-state index in [0.717, 1.165) is 22.6 Å². The Morgan fingerprint density at radius 2 is 1.72 bits per heavy atom. The summed E-state index contributed by atoms with van der Waals surface area (Å²) in [5.41, 5.74) is 4.15. The van der Waals surface area contributed by atoms with E-state index in [-0.39, 0.29) is 29.5 Å². The molecular formula is C23H28FIN6O. The molecule has 3 N–H and O–H groups in total. The van der Waals surface area contributed by atoms with Crippen LogP contribution in [0.15, 0.2) is 59.6 Å². The quantitative estimate of drug-likeness (QED) is 0.183. The molecule has 0 atom stereocenters. The number of guanidine groups is 1. The van der Waals surface area contributed by atoms with Gasteiger partial charge in [-0.3, -0.25) is 9.79 Å². The number of hydrogen-bond acceptors (Lipinski definition) is 3. The summed E-state index contributed by atoms with van der Waals surface area (Å²) >= 11 is 0. The van der Waals surface area contributed by atoms with Crippen LogP contribution in [-0.4, -0.2) is 41.8 Å². The minimum Gasteiger partial charge on any atom is -0.355 e. The number of benzene rings is 2. The molecule has 1 aromatic heterocycles. The number of rotatable bonds is 7. The average molecular weight is 550 g/mol. The van der Waals surface area contributed by atoms with Crippen LogP contribution in [0.5, 0.6) is 0 Å². The van der Waals surface area contributed by atoms with Gasteiger partial charge in [-0.25, -0.2) is 9.07 Å². The van der Waals surface area contributed by atoms with Crippen molar-refractivity contribution in [3.63, 3.8) is 0 Å². The third kappa shape index (κ3) is 6.52. The molecule has 0 aliphatic rings. The lowest BCUT2D eigenvalue weighted by atomic mass is 10.1. The first-order chi connectivity index (χ1) is 15.0. The monoisotopic (exact) mass is 550 g/mol. The molecule has 0 aliphatic heterocycles. The van der Waals surface area contributed by atoms with E-state index in [2.05, 4.69) is 26.0 Å². The molecule has 0 saturated carbocycles. The average Bonchev–Trinajstić information content (AvgIpc) is 3.11. The maximum Gasteiger partial charge on any atom is 0.254 e. The minimum atomic E-state index is -0.535. The number of nitrogens with zero attached hydrogens (tertiary/aromatic N) is 3. The number of carbonyl (C=O) groups excluding carboxylic acids is 1. The number of aromatic nitrogens is 2. The molecular weight excluding hydrogens is 522 g/mol. The third-order valence-electron chi connectivity index (χ3n) is 4.72. The SMILES string of the molecule is CN=C(NCCNC(=O)c1ccccc1F)NCc1ccccc1-n1nc(C)cc1C.I. The summed E-state index contributed by atoms with van der Waals surface area (Å²) in [5, 5.41) is 13.7. The zero-order valence-corrected chi connectivity index (χ0v) is 20.7. The summed E-state index contributed by atoms with van der Waals surface area (Å²) in [6, 6.07) is 16.0. The van der Waals surface area contributed by atoms with Crippen LogP contribution in [0.25, 0.3) is 5.69 Å². The van der Waals surface area contributed by atoms with Crippen LogP contribution in [0, 0.1) is 19.7 Å². The topological polar surface area (TPSA) is 83.3 Å².